The van der Waals surface area contributed by atoms with Crippen molar-refractivity contribution in [2.75, 3.05) is 18.0 Å². The van der Waals surface area contributed by atoms with Gasteiger partial charge >= 0.3 is 0 Å². The molecule has 0 radical (unpaired) electrons. The fourth-order valence-corrected chi connectivity index (χ4v) is 4.46. The van der Waals surface area contributed by atoms with Crippen molar-refractivity contribution in [2.45, 2.75) is 58.9 Å². The smallest absolute Gasteiger partial charge is 0.225 e. The molecule has 5 nitrogen and oxygen atoms in total. The first kappa shape index (κ1) is 18.9. The van der Waals surface area contributed by atoms with Gasteiger partial charge < -0.3 is 10.2 Å². The molecule has 2 aromatic rings. The molecule has 0 spiro atoms. The van der Waals surface area contributed by atoms with Gasteiger partial charge in [0.05, 0.1) is 18.2 Å². The van der Waals surface area contributed by atoms with Crippen LogP contribution in [0.4, 0.5) is 5.95 Å². The zero-order chi connectivity index (χ0) is 19.7. The van der Waals surface area contributed by atoms with Crippen LogP contribution in [0.15, 0.2) is 30.5 Å². The molecule has 4 rings (SSSR count). The molecule has 148 valence electrons. The van der Waals surface area contributed by atoms with Crippen LogP contribution in [0, 0.1) is 12.3 Å². The number of amides is 1. The average Bonchev–Trinajstić information content (AvgIpc) is 3.17. The highest BCUT2D eigenvalue weighted by atomic mass is 16.1. The molecule has 0 unspecified atom stereocenters. The number of aromatic nitrogens is 2. The third-order valence-corrected chi connectivity index (χ3v) is 6.00. The van der Waals surface area contributed by atoms with Crippen molar-refractivity contribution in [3.8, 4) is 0 Å². The Bertz CT molecular complexity index is 871. The van der Waals surface area contributed by atoms with Crippen molar-refractivity contribution in [2.24, 2.45) is 5.41 Å². The molecule has 1 aromatic heterocycles. The van der Waals surface area contributed by atoms with Gasteiger partial charge in [-0.15, -0.1) is 0 Å². The largest absolute Gasteiger partial charge is 0.349 e. The Kier molecular flexibility index (Phi) is 5.09. The average molecular weight is 379 g/mol. The van der Waals surface area contributed by atoms with Gasteiger partial charge in [-0.25, -0.2) is 9.97 Å². The maximum atomic E-state index is 12.8. The van der Waals surface area contributed by atoms with Gasteiger partial charge in [0.1, 0.15) is 0 Å². The Hall–Kier alpha value is -2.43. The number of benzene rings is 1. The van der Waals surface area contributed by atoms with Gasteiger partial charge in [-0.1, -0.05) is 38.1 Å². The summed E-state index contributed by atoms with van der Waals surface area (Å²) in [7, 11) is 0. The molecule has 1 saturated heterocycles. The number of nitrogens with zero attached hydrogens (tertiary/aromatic N) is 3. The number of nitrogens with one attached hydrogen (secondary N) is 1. The molecule has 2 heterocycles. The molecule has 0 saturated carbocycles. The number of anilines is 1. The van der Waals surface area contributed by atoms with E-state index in [1.54, 1.807) is 0 Å². The summed E-state index contributed by atoms with van der Waals surface area (Å²) in [6.07, 6.45) is 6.62. The number of hydrogen-bond acceptors (Lipinski definition) is 4. The standard InChI is InChI=1S/C23H30N4O/c1-16-8-4-5-9-17(16)12-21(28)25-19-13-23(2,3)14-20-18(19)15-24-22(26-20)27-10-6-7-11-27/h4-5,8-9,15,19H,6-7,10-14H2,1-3H3,(H,25,28)/t19-/m0/s1. The van der Waals surface area contributed by atoms with Crippen molar-refractivity contribution >= 4 is 11.9 Å². The van der Waals surface area contributed by atoms with E-state index in [-0.39, 0.29) is 17.4 Å². The SMILES string of the molecule is Cc1ccccc1CC(=O)N[C@H]1CC(C)(C)Cc2nc(N3CCCC3)ncc21. The molecule has 1 N–H and O–H groups in total. The van der Waals surface area contributed by atoms with E-state index in [2.05, 4.69) is 42.0 Å². The molecule has 1 amide bonds. The summed E-state index contributed by atoms with van der Waals surface area (Å²) in [5.74, 6) is 0.908. The molecule has 1 fully saturated rings. The molecule has 1 aliphatic carbocycles. The Labute approximate surface area is 167 Å². The first-order chi connectivity index (χ1) is 13.4. The zero-order valence-corrected chi connectivity index (χ0v) is 17.2. The monoisotopic (exact) mass is 378 g/mol. The van der Waals surface area contributed by atoms with Crippen LogP contribution in [0.2, 0.25) is 0 Å². The maximum absolute atomic E-state index is 12.8. The van der Waals surface area contributed by atoms with Crippen molar-refractivity contribution in [1.82, 2.24) is 15.3 Å². The molecule has 28 heavy (non-hydrogen) atoms. The second kappa shape index (κ2) is 7.53. The summed E-state index contributed by atoms with van der Waals surface area (Å²) in [5.41, 5.74) is 4.51. The van der Waals surface area contributed by atoms with Gasteiger partial charge in [0.15, 0.2) is 0 Å². The van der Waals surface area contributed by atoms with E-state index in [4.69, 9.17) is 4.98 Å². The quantitative estimate of drug-likeness (QED) is 0.880. The molecule has 2 aliphatic rings. The van der Waals surface area contributed by atoms with Gasteiger partial charge in [0, 0.05) is 24.8 Å². The topological polar surface area (TPSA) is 58.1 Å². The number of carbonyl (C=O) groups excluding carboxylic acids is 1. The summed E-state index contributed by atoms with van der Waals surface area (Å²) < 4.78 is 0. The van der Waals surface area contributed by atoms with Crippen LogP contribution in [-0.2, 0) is 17.6 Å². The zero-order valence-electron chi connectivity index (χ0n) is 17.2. The van der Waals surface area contributed by atoms with Crippen LogP contribution in [0.25, 0.3) is 0 Å². The molecular weight excluding hydrogens is 348 g/mol. The Morgan fingerprint density at radius 1 is 1.25 bits per heavy atom. The van der Waals surface area contributed by atoms with Crippen LogP contribution >= 0.6 is 0 Å². The molecule has 1 atom stereocenters. The normalized spacial score (nSPS) is 20.7. The highest BCUT2D eigenvalue weighted by Gasteiger charge is 2.35. The van der Waals surface area contributed by atoms with Gasteiger partial charge in [-0.3, -0.25) is 4.79 Å². The first-order valence-electron chi connectivity index (χ1n) is 10.4. The van der Waals surface area contributed by atoms with Gasteiger partial charge in [0.2, 0.25) is 11.9 Å². The van der Waals surface area contributed by atoms with Gasteiger partial charge in [0.25, 0.3) is 0 Å². The van der Waals surface area contributed by atoms with Crippen molar-refractivity contribution in [1.29, 1.82) is 0 Å². The van der Waals surface area contributed by atoms with E-state index in [1.807, 2.05) is 24.4 Å². The van der Waals surface area contributed by atoms with E-state index in [1.165, 1.54) is 12.8 Å². The van der Waals surface area contributed by atoms with E-state index < -0.39 is 0 Å². The van der Waals surface area contributed by atoms with E-state index in [9.17, 15) is 4.79 Å². The highest BCUT2D eigenvalue weighted by molar-refractivity contribution is 5.79. The fourth-order valence-electron chi connectivity index (χ4n) is 4.46. The predicted molar refractivity (Wildman–Crippen MR) is 111 cm³/mol. The number of hydrogen-bond donors (Lipinski definition) is 1. The summed E-state index contributed by atoms with van der Waals surface area (Å²) in [5, 5.41) is 3.26. The molecule has 1 aliphatic heterocycles. The van der Waals surface area contributed by atoms with Crippen LogP contribution in [0.5, 0.6) is 0 Å². The Morgan fingerprint density at radius 2 is 2.00 bits per heavy atom. The summed E-state index contributed by atoms with van der Waals surface area (Å²) in [4.78, 5) is 24.6. The second-order valence-electron chi connectivity index (χ2n) is 9.03. The molecule has 1 aromatic carbocycles. The molecule has 0 bridgehead atoms. The van der Waals surface area contributed by atoms with Crippen LogP contribution in [0.3, 0.4) is 0 Å². The minimum atomic E-state index is -0.0251. The first-order valence-corrected chi connectivity index (χ1v) is 10.4. The number of carbonyl (C=O) groups is 1. The fraction of sp³-hybridized carbons (Fsp3) is 0.522. The van der Waals surface area contributed by atoms with Crippen LogP contribution in [0.1, 0.15) is 61.5 Å². The van der Waals surface area contributed by atoms with E-state index in [0.717, 1.165) is 54.3 Å². The summed E-state index contributed by atoms with van der Waals surface area (Å²) in [6, 6.07) is 8.05. The predicted octanol–water partition coefficient (Wildman–Crippen LogP) is 3.76. The van der Waals surface area contributed by atoms with Crippen LogP contribution in [-0.4, -0.2) is 29.0 Å². The van der Waals surface area contributed by atoms with Gasteiger partial charge in [-0.2, -0.15) is 0 Å². The van der Waals surface area contributed by atoms with E-state index in [0.29, 0.717) is 6.42 Å². The lowest BCUT2D eigenvalue weighted by Crippen LogP contribution is -2.38. The lowest BCUT2D eigenvalue weighted by molar-refractivity contribution is -0.121. The Balaban J connectivity index is 1.54. The summed E-state index contributed by atoms with van der Waals surface area (Å²) >= 11 is 0. The van der Waals surface area contributed by atoms with E-state index >= 15 is 0 Å². The van der Waals surface area contributed by atoms with Crippen molar-refractivity contribution in [3.63, 3.8) is 0 Å². The number of fused-ring (bicyclic) bond motifs is 1. The van der Waals surface area contributed by atoms with Gasteiger partial charge in [-0.05, 0) is 49.1 Å². The second-order valence-corrected chi connectivity index (χ2v) is 9.03. The molecular formula is C23H30N4O. The third-order valence-electron chi connectivity index (χ3n) is 6.00. The third kappa shape index (κ3) is 4.03. The lowest BCUT2D eigenvalue weighted by atomic mass is 9.74. The maximum Gasteiger partial charge on any atom is 0.225 e. The highest BCUT2D eigenvalue weighted by Crippen LogP contribution is 2.40. The number of aryl methyl sites for hydroxylation is 1. The lowest BCUT2D eigenvalue weighted by Gasteiger charge is -2.36. The Morgan fingerprint density at radius 3 is 2.75 bits per heavy atom. The minimum Gasteiger partial charge on any atom is -0.349 e. The number of rotatable bonds is 4. The van der Waals surface area contributed by atoms with Crippen molar-refractivity contribution < 1.29 is 4.79 Å². The summed E-state index contributed by atoms with van der Waals surface area (Å²) in [6.45, 7) is 8.65. The molecule has 5 heteroatoms. The van der Waals surface area contributed by atoms with Crippen molar-refractivity contribution in [3.05, 3.63) is 52.8 Å². The minimum absolute atomic E-state index is 0.0251. The van der Waals surface area contributed by atoms with Crippen LogP contribution < -0.4 is 10.2 Å².